The summed E-state index contributed by atoms with van der Waals surface area (Å²) < 4.78 is 41.0. The van der Waals surface area contributed by atoms with Gasteiger partial charge in [-0.15, -0.1) is 0 Å². The molecule has 34 heavy (non-hydrogen) atoms. The highest BCUT2D eigenvalue weighted by atomic mass is 32.2. The average molecular weight is 487 g/mol. The van der Waals surface area contributed by atoms with Gasteiger partial charge in [0.25, 0.3) is 5.91 Å². The minimum Gasteiger partial charge on any atom is -0.363 e. The number of anilines is 1. The smallest absolute Gasteiger partial charge is 0.251 e. The number of pyridine rings is 1. The first-order valence-corrected chi connectivity index (χ1v) is 12.8. The molecule has 9 heteroatoms. The van der Waals surface area contributed by atoms with Gasteiger partial charge in [-0.3, -0.25) is 4.79 Å². The third kappa shape index (κ3) is 5.71. The van der Waals surface area contributed by atoms with E-state index in [2.05, 4.69) is 15.0 Å². The van der Waals surface area contributed by atoms with Crippen LogP contribution in [0.1, 0.15) is 53.9 Å². The summed E-state index contributed by atoms with van der Waals surface area (Å²) >= 11 is 0. The maximum atomic E-state index is 15.1. The van der Waals surface area contributed by atoms with Crippen molar-refractivity contribution >= 4 is 32.7 Å². The highest BCUT2D eigenvalue weighted by molar-refractivity contribution is 7.88. The first-order valence-electron chi connectivity index (χ1n) is 10.9. The molecule has 1 atom stereocenters. The van der Waals surface area contributed by atoms with Gasteiger partial charge in [-0.2, -0.15) is 0 Å². The van der Waals surface area contributed by atoms with Crippen LogP contribution in [-0.2, 0) is 15.6 Å². The average Bonchev–Trinajstić information content (AvgIpc) is 2.72. The van der Waals surface area contributed by atoms with E-state index in [4.69, 9.17) is 0 Å². The Hall–Kier alpha value is -3.04. The van der Waals surface area contributed by atoms with Gasteiger partial charge in [0.15, 0.2) is 0 Å². The standard InChI is InChI=1S/C25H31FN4O3S/c1-15-12-19(21(26)14-20(15)25(3,4)29-34(7,32)33)16(2)27-24(31)18-8-10-22-17(13-18)9-11-23(28-22)30(5)6/h8-14,16,29H,1-7H3,(H,27,31)/t16-/m1/s1. The molecule has 0 fully saturated rings. The van der Waals surface area contributed by atoms with Gasteiger partial charge >= 0.3 is 0 Å². The summed E-state index contributed by atoms with van der Waals surface area (Å²) in [6, 6.07) is 11.4. The van der Waals surface area contributed by atoms with Crippen molar-refractivity contribution in [3.8, 4) is 0 Å². The van der Waals surface area contributed by atoms with Gasteiger partial charge in [-0.05, 0) is 75.2 Å². The molecule has 2 aromatic carbocycles. The monoisotopic (exact) mass is 486 g/mol. The van der Waals surface area contributed by atoms with E-state index in [0.29, 0.717) is 22.3 Å². The van der Waals surface area contributed by atoms with Crippen molar-refractivity contribution in [1.82, 2.24) is 15.0 Å². The van der Waals surface area contributed by atoms with Crippen LogP contribution in [0.3, 0.4) is 0 Å². The fraction of sp³-hybridized carbons (Fsp3) is 0.360. The number of hydrogen-bond donors (Lipinski definition) is 2. The number of carbonyl (C=O) groups is 1. The van der Waals surface area contributed by atoms with Crippen LogP contribution in [0.5, 0.6) is 0 Å². The molecule has 3 rings (SSSR count). The zero-order valence-electron chi connectivity index (χ0n) is 20.5. The molecule has 0 aliphatic rings. The Balaban J connectivity index is 1.83. The summed E-state index contributed by atoms with van der Waals surface area (Å²) in [4.78, 5) is 19.3. The maximum Gasteiger partial charge on any atom is 0.251 e. The van der Waals surface area contributed by atoms with Crippen molar-refractivity contribution in [2.24, 2.45) is 0 Å². The predicted molar refractivity (Wildman–Crippen MR) is 134 cm³/mol. The van der Waals surface area contributed by atoms with E-state index in [1.807, 2.05) is 31.1 Å². The number of aromatic nitrogens is 1. The van der Waals surface area contributed by atoms with Crippen LogP contribution in [0.25, 0.3) is 10.9 Å². The number of fused-ring (bicyclic) bond motifs is 1. The van der Waals surface area contributed by atoms with Gasteiger partial charge in [-0.1, -0.05) is 6.07 Å². The Morgan fingerprint density at radius 1 is 1.12 bits per heavy atom. The van der Waals surface area contributed by atoms with E-state index in [1.54, 1.807) is 52.0 Å². The second kappa shape index (κ2) is 9.31. The SMILES string of the molecule is Cc1cc([C@@H](C)NC(=O)c2ccc3nc(N(C)C)ccc3c2)c(F)cc1C(C)(C)NS(C)(=O)=O. The third-order valence-corrected chi connectivity index (χ3v) is 6.55. The fourth-order valence-corrected chi connectivity index (χ4v) is 5.13. The number of amides is 1. The Morgan fingerprint density at radius 3 is 2.41 bits per heavy atom. The van der Waals surface area contributed by atoms with Gasteiger partial charge < -0.3 is 10.2 Å². The molecule has 0 aliphatic heterocycles. The molecule has 0 spiro atoms. The molecule has 1 aromatic heterocycles. The van der Waals surface area contributed by atoms with Gasteiger partial charge in [-0.25, -0.2) is 22.5 Å². The van der Waals surface area contributed by atoms with Crippen molar-refractivity contribution < 1.29 is 17.6 Å². The van der Waals surface area contributed by atoms with Crippen molar-refractivity contribution in [1.29, 1.82) is 0 Å². The van der Waals surface area contributed by atoms with Crippen molar-refractivity contribution in [2.45, 2.75) is 39.3 Å². The van der Waals surface area contributed by atoms with E-state index in [1.165, 1.54) is 6.07 Å². The van der Waals surface area contributed by atoms with E-state index < -0.39 is 27.4 Å². The maximum absolute atomic E-state index is 15.1. The molecule has 3 aromatic rings. The summed E-state index contributed by atoms with van der Waals surface area (Å²) in [6.45, 7) is 6.85. The van der Waals surface area contributed by atoms with Crippen LogP contribution < -0.4 is 14.9 Å². The normalized spacial score (nSPS) is 13.1. The molecule has 0 saturated heterocycles. The summed E-state index contributed by atoms with van der Waals surface area (Å²) in [5, 5.41) is 3.68. The van der Waals surface area contributed by atoms with Crippen LogP contribution in [0.4, 0.5) is 10.2 Å². The number of hydrogen-bond acceptors (Lipinski definition) is 5. The first kappa shape index (κ1) is 25.6. The molecule has 0 unspecified atom stereocenters. The lowest BCUT2D eigenvalue weighted by Gasteiger charge is -2.28. The number of carbonyl (C=O) groups excluding carboxylic acids is 1. The van der Waals surface area contributed by atoms with Crippen molar-refractivity contribution in [3.63, 3.8) is 0 Å². The van der Waals surface area contributed by atoms with Crippen LogP contribution in [0, 0.1) is 12.7 Å². The zero-order chi connectivity index (χ0) is 25.4. The molecule has 0 saturated carbocycles. The molecule has 0 bridgehead atoms. The number of sulfonamides is 1. The second-order valence-corrected chi connectivity index (χ2v) is 11.1. The Kier molecular flexibility index (Phi) is 7.00. The second-order valence-electron chi connectivity index (χ2n) is 9.35. The molecular formula is C25H31FN4O3S. The van der Waals surface area contributed by atoms with E-state index >= 15 is 4.39 Å². The summed E-state index contributed by atoms with van der Waals surface area (Å²) in [6.07, 6.45) is 1.07. The Labute approximate surface area is 200 Å². The number of aryl methyl sites for hydroxylation is 1. The van der Waals surface area contributed by atoms with Gasteiger partial charge in [0.2, 0.25) is 10.0 Å². The van der Waals surface area contributed by atoms with Crippen molar-refractivity contribution in [3.05, 3.63) is 70.5 Å². The van der Waals surface area contributed by atoms with E-state index in [-0.39, 0.29) is 5.91 Å². The number of nitrogens with zero attached hydrogens (tertiary/aromatic N) is 2. The quantitative estimate of drug-likeness (QED) is 0.526. The highest BCUT2D eigenvalue weighted by Gasteiger charge is 2.28. The van der Waals surface area contributed by atoms with E-state index in [0.717, 1.165) is 23.0 Å². The number of rotatable bonds is 7. The highest BCUT2D eigenvalue weighted by Crippen LogP contribution is 2.29. The Morgan fingerprint density at radius 2 is 1.79 bits per heavy atom. The Bertz CT molecular complexity index is 1350. The lowest BCUT2D eigenvalue weighted by molar-refractivity contribution is 0.0939. The minimum absolute atomic E-state index is 0.322. The van der Waals surface area contributed by atoms with Crippen LogP contribution in [0.2, 0.25) is 0 Å². The summed E-state index contributed by atoms with van der Waals surface area (Å²) in [5.41, 5.74) is 1.80. The molecule has 2 N–H and O–H groups in total. The van der Waals surface area contributed by atoms with Crippen molar-refractivity contribution in [2.75, 3.05) is 25.3 Å². The van der Waals surface area contributed by atoms with Gasteiger partial charge in [0.1, 0.15) is 11.6 Å². The molecule has 0 radical (unpaired) electrons. The largest absolute Gasteiger partial charge is 0.363 e. The number of nitrogens with one attached hydrogen (secondary N) is 2. The lowest BCUT2D eigenvalue weighted by Crippen LogP contribution is -2.41. The summed E-state index contributed by atoms with van der Waals surface area (Å²) in [5.74, 6) is -0.0236. The summed E-state index contributed by atoms with van der Waals surface area (Å²) in [7, 11) is 0.330. The first-order chi connectivity index (χ1) is 15.7. The van der Waals surface area contributed by atoms with Gasteiger partial charge in [0, 0.05) is 30.6 Å². The van der Waals surface area contributed by atoms with Crippen LogP contribution >= 0.6 is 0 Å². The van der Waals surface area contributed by atoms with Crippen LogP contribution in [-0.4, -0.2) is 39.7 Å². The molecular weight excluding hydrogens is 455 g/mol. The van der Waals surface area contributed by atoms with Gasteiger partial charge in [0.05, 0.1) is 23.4 Å². The molecule has 1 heterocycles. The van der Waals surface area contributed by atoms with E-state index in [9.17, 15) is 13.2 Å². The minimum atomic E-state index is -3.49. The lowest BCUT2D eigenvalue weighted by atomic mass is 9.89. The molecule has 1 amide bonds. The van der Waals surface area contributed by atoms with Crippen LogP contribution in [0.15, 0.2) is 42.5 Å². The fourth-order valence-electron chi connectivity index (χ4n) is 4.09. The molecule has 182 valence electrons. The topological polar surface area (TPSA) is 91.4 Å². The predicted octanol–water partition coefficient (Wildman–Crippen LogP) is 4.02. The third-order valence-electron chi connectivity index (χ3n) is 5.67. The zero-order valence-corrected chi connectivity index (χ0v) is 21.3. The number of halogens is 1. The number of benzene rings is 2. The molecule has 0 aliphatic carbocycles. The molecule has 7 nitrogen and oxygen atoms in total.